The van der Waals surface area contributed by atoms with E-state index in [1.54, 1.807) is 22.5 Å². The van der Waals surface area contributed by atoms with Crippen LogP contribution in [0.5, 0.6) is 11.5 Å². The number of hydrogen-bond acceptors (Lipinski definition) is 4. The third-order valence-electron chi connectivity index (χ3n) is 3.98. The van der Waals surface area contributed by atoms with E-state index < -0.39 is 10.0 Å². The predicted octanol–water partition coefficient (Wildman–Crippen LogP) is 3.15. The van der Waals surface area contributed by atoms with Crippen LogP contribution in [0.4, 0.5) is 0 Å². The second kappa shape index (κ2) is 7.53. The van der Waals surface area contributed by atoms with Gasteiger partial charge in [0.2, 0.25) is 10.0 Å². The van der Waals surface area contributed by atoms with E-state index in [0.29, 0.717) is 49.6 Å². The summed E-state index contributed by atoms with van der Waals surface area (Å²) in [6.45, 7) is 9.93. The van der Waals surface area contributed by atoms with Gasteiger partial charge in [-0.25, -0.2) is 8.42 Å². The molecule has 2 rings (SSSR count). The van der Waals surface area contributed by atoms with Crippen molar-refractivity contribution in [3.05, 3.63) is 18.2 Å². The molecule has 23 heavy (non-hydrogen) atoms. The lowest BCUT2D eigenvalue weighted by Gasteiger charge is -2.34. The average Bonchev–Trinajstić information content (AvgIpc) is 2.48. The Labute approximate surface area is 139 Å². The molecule has 1 saturated heterocycles. The molecule has 0 radical (unpaired) electrons. The van der Waals surface area contributed by atoms with Crippen LogP contribution in [0.25, 0.3) is 0 Å². The molecule has 1 aliphatic rings. The van der Waals surface area contributed by atoms with Gasteiger partial charge in [-0.3, -0.25) is 0 Å². The summed E-state index contributed by atoms with van der Waals surface area (Å²) in [5.41, 5.74) is 0. The van der Waals surface area contributed by atoms with Gasteiger partial charge in [-0.1, -0.05) is 13.8 Å². The zero-order valence-corrected chi connectivity index (χ0v) is 15.2. The lowest BCUT2D eigenvalue weighted by molar-refractivity contribution is 0.221. The Morgan fingerprint density at radius 2 is 1.70 bits per heavy atom. The van der Waals surface area contributed by atoms with Crippen LogP contribution in [0.2, 0.25) is 0 Å². The highest BCUT2D eigenvalue weighted by Crippen LogP contribution is 2.33. The highest BCUT2D eigenvalue weighted by molar-refractivity contribution is 7.89. The Kier molecular flexibility index (Phi) is 5.92. The Morgan fingerprint density at radius 1 is 1.09 bits per heavy atom. The van der Waals surface area contributed by atoms with Crippen molar-refractivity contribution in [2.75, 3.05) is 26.3 Å². The van der Waals surface area contributed by atoms with E-state index in [4.69, 9.17) is 9.47 Å². The van der Waals surface area contributed by atoms with Crippen molar-refractivity contribution in [1.29, 1.82) is 0 Å². The molecule has 6 heteroatoms. The maximum absolute atomic E-state index is 13.1. The van der Waals surface area contributed by atoms with Gasteiger partial charge in [0, 0.05) is 19.2 Å². The molecule has 2 atom stereocenters. The summed E-state index contributed by atoms with van der Waals surface area (Å²) in [5.74, 6) is 1.66. The Hall–Kier alpha value is -1.27. The van der Waals surface area contributed by atoms with E-state index in [1.165, 1.54) is 0 Å². The molecule has 0 N–H and O–H groups in total. The summed E-state index contributed by atoms with van der Waals surface area (Å²) < 4.78 is 38.8. The van der Waals surface area contributed by atoms with Gasteiger partial charge in [0.05, 0.1) is 13.2 Å². The fraction of sp³-hybridized carbons (Fsp3) is 0.647. The number of hydrogen-bond donors (Lipinski definition) is 0. The largest absolute Gasteiger partial charge is 0.494 e. The Morgan fingerprint density at radius 3 is 2.26 bits per heavy atom. The molecule has 0 aromatic heterocycles. The van der Waals surface area contributed by atoms with Gasteiger partial charge < -0.3 is 9.47 Å². The van der Waals surface area contributed by atoms with Crippen LogP contribution in [0, 0.1) is 11.8 Å². The zero-order chi connectivity index (χ0) is 17.0. The topological polar surface area (TPSA) is 55.8 Å². The third kappa shape index (κ3) is 4.18. The van der Waals surface area contributed by atoms with E-state index in [-0.39, 0.29) is 4.90 Å². The number of sulfonamides is 1. The molecular weight excluding hydrogens is 314 g/mol. The van der Waals surface area contributed by atoms with Crippen molar-refractivity contribution in [3.63, 3.8) is 0 Å². The first-order valence-corrected chi connectivity index (χ1v) is 9.72. The second-order valence-electron chi connectivity index (χ2n) is 6.24. The van der Waals surface area contributed by atoms with Crippen molar-refractivity contribution in [2.24, 2.45) is 11.8 Å². The van der Waals surface area contributed by atoms with Gasteiger partial charge in [0.25, 0.3) is 0 Å². The van der Waals surface area contributed by atoms with E-state index in [2.05, 4.69) is 13.8 Å². The summed E-state index contributed by atoms with van der Waals surface area (Å²) >= 11 is 0. The summed E-state index contributed by atoms with van der Waals surface area (Å²) in [6, 6.07) is 5.00. The van der Waals surface area contributed by atoms with Crippen molar-refractivity contribution in [3.8, 4) is 11.5 Å². The molecule has 1 aliphatic heterocycles. The molecule has 0 amide bonds. The molecule has 0 bridgehead atoms. The normalized spacial score (nSPS) is 22.8. The van der Waals surface area contributed by atoms with Gasteiger partial charge in [-0.05, 0) is 44.2 Å². The van der Waals surface area contributed by atoms with Gasteiger partial charge >= 0.3 is 0 Å². The first-order valence-electron chi connectivity index (χ1n) is 8.28. The van der Waals surface area contributed by atoms with Crippen molar-refractivity contribution in [1.82, 2.24) is 4.31 Å². The number of rotatable bonds is 6. The van der Waals surface area contributed by atoms with Crippen molar-refractivity contribution < 1.29 is 17.9 Å². The van der Waals surface area contributed by atoms with Crippen LogP contribution in [-0.4, -0.2) is 39.0 Å². The zero-order valence-electron chi connectivity index (χ0n) is 14.4. The lowest BCUT2D eigenvalue weighted by atomic mass is 9.94. The van der Waals surface area contributed by atoms with E-state index >= 15 is 0 Å². The molecule has 5 nitrogen and oxygen atoms in total. The van der Waals surface area contributed by atoms with Crippen molar-refractivity contribution in [2.45, 2.75) is 39.0 Å². The lowest BCUT2D eigenvalue weighted by Crippen LogP contribution is -2.42. The second-order valence-corrected chi connectivity index (χ2v) is 8.15. The van der Waals surface area contributed by atoms with Gasteiger partial charge in [-0.15, -0.1) is 0 Å². The summed E-state index contributed by atoms with van der Waals surface area (Å²) in [5, 5.41) is 0. The SMILES string of the molecule is CCOc1ccc(OCC)c(S(=O)(=O)N2C[C@H](C)C[C@H](C)C2)c1. The molecule has 1 heterocycles. The van der Waals surface area contributed by atoms with Crippen LogP contribution in [0.3, 0.4) is 0 Å². The molecule has 0 spiro atoms. The van der Waals surface area contributed by atoms with E-state index in [9.17, 15) is 8.42 Å². The van der Waals surface area contributed by atoms with Crippen molar-refractivity contribution >= 4 is 10.0 Å². The first-order chi connectivity index (χ1) is 10.9. The molecular formula is C17H27NO4S. The molecule has 0 aliphatic carbocycles. The van der Waals surface area contributed by atoms with Gasteiger partial charge in [0.15, 0.2) is 0 Å². The summed E-state index contributed by atoms with van der Waals surface area (Å²) in [6.07, 6.45) is 1.06. The van der Waals surface area contributed by atoms with Crippen LogP contribution in [0.15, 0.2) is 23.1 Å². The minimum atomic E-state index is -3.59. The van der Waals surface area contributed by atoms with Gasteiger partial charge in [-0.2, -0.15) is 4.31 Å². The van der Waals surface area contributed by atoms with Crippen LogP contribution in [0.1, 0.15) is 34.1 Å². The Balaban J connectivity index is 2.41. The minimum Gasteiger partial charge on any atom is -0.494 e. The third-order valence-corrected chi connectivity index (χ3v) is 5.83. The fourth-order valence-electron chi connectivity index (χ4n) is 3.16. The molecule has 1 aromatic rings. The number of ether oxygens (including phenoxy) is 2. The van der Waals surface area contributed by atoms with E-state index in [1.807, 2.05) is 13.8 Å². The maximum Gasteiger partial charge on any atom is 0.246 e. The standard InChI is InChI=1S/C17H27NO4S/c1-5-21-15-7-8-16(22-6-2)17(10-15)23(19,20)18-11-13(3)9-14(4)12-18/h7-8,10,13-14H,5-6,9,11-12H2,1-4H3/t13-,14+. The van der Waals surface area contributed by atoms with Crippen LogP contribution in [-0.2, 0) is 10.0 Å². The van der Waals surface area contributed by atoms with E-state index in [0.717, 1.165) is 6.42 Å². The number of piperidine rings is 1. The summed E-state index contributed by atoms with van der Waals surface area (Å²) in [7, 11) is -3.59. The Bertz CT molecular complexity index is 619. The quantitative estimate of drug-likeness (QED) is 0.797. The first kappa shape index (κ1) is 18.1. The predicted molar refractivity (Wildman–Crippen MR) is 90.5 cm³/mol. The van der Waals surface area contributed by atoms with Gasteiger partial charge in [0.1, 0.15) is 16.4 Å². The minimum absolute atomic E-state index is 0.201. The van der Waals surface area contributed by atoms with Crippen LogP contribution < -0.4 is 9.47 Å². The average molecular weight is 341 g/mol. The summed E-state index contributed by atoms with van der Waals surface area (Å²) in [4.78, 5) is 0.201. The molecule has 0 saturated carbocycles. The molecule has 1 fully saturated rings. The highest BCUT2D eigenvalue weighted by atomic mass is 32.2. The maximum atomic E-state index is 13.1. The number of nitrogens with zero attached hydrogens (tertiary/aromatic N) is 1. The van der Waals surface area contributed by atoms with Crippen LogP contribution >= 0.6 is 0 Å². The molecule has 1 aromatic carbocycles. The smallest absolute Gasteiger partial charge is 0.246 e. The monoisotopic (exact) mass is 341 g/mol. The molecule has 130 valence electrons. The number of benzene rings is 1. The highest BCUT2D eigenvalue weighted by Gasteiger charge is 2.33. The molecule has 0 unspecified atom stereocenters. The fourth-order valence-corrected chi connectivity index (χ4v) is 4.99.